The van der Waals surface area contributed by atoms with E-state index in [1.807, 2.05) is 0 Å². The molecule has 0 atom stereocenters. The van der Waals surface area contributed by atoms with Crippen LogP contribution < -0.4 is 0 Å². The summed E-state index contributed by atoms with van der Waals surface area (Å²) in [5.74, 6) is -0.981. The third-order valence-corrected chi connectivity index (χ3v) is 2.95. The molecule has 0 radical (unpaired) electrons. The Labute approximate surface area is 118 Å². The molecule has 0 aliphatic carbocycles. The van der Waals surface area contributed by atoms with Gasteiger partial charge >= 0.3 is 12.1 Å². The van der Waals surface area contributed by atoms with Gasteiger partial charge in [-0.1, -0.05) is 18.2 Å². The summed E-state index contributed by atoms with van der Waals surface area (Å²) in [6, 6.07) is 8.70. The van der Waals surface area contributed by atoms with Crippen LogP contribution in [0, 0.1) is 0 Å². The van der Waals surface area contributed by atoms with Crippen molar-refractivity contribution in [3.05, 3.63) is 53.6 Å². The highest BCUT2D eigenvalue weighted by atomic mass is 19.4. The first-order valence-corrected chi connectivity index (χ1v) is 5.92. The SMILES string of the molecule is COC(=O)c1ccc(-c2ccc(C(F)(F)F)cc2)cc1O. The van der Waals surface area contributed by atoms with Crippen molar-refractivity contribution in [1.29, 1.82) is 0 Å². The van der Waals surface area contributed by atoms with Crippen LogP contribution in [0.5, 0.6) is 5.75 Å². The summed E-state index contributed by atoms with van der Waals surface area (Å²) in [7, 11) is 1.19. The number of methoxy groups -OCH3 is 1. The fourth-order valence-electron chi connectivity index (χ4n) is 1.85. The smallest absolute Gasteiger partial charge is 0.416 e. The van der Waals surface area contributed by atoms with Gasteiger partial charge in [-0.2, -0.15) is 13.2 Å². The molecule has 2 aromatic rings. The van der Waals surface area contributed by atoms with Crippen molar-refractivity contribution >= 4 is 5.97 Å². The number of ether oxygens (including phenoxy) is 1. The number of benzene rings is 2. The van der Waals surface area contributed by atoms with E-state index in [9.17, 15) is 23.1 Å². The number of phenolic OH excluding ortho intramolecular Hbond substituents is 1. The van der Waals surface area contributed by atoms with Gasteiger partial charge in [0, 0.05) is 0 Å². The second kappa shape index (κ2) is 5.47. The molecule has 0 amide bonds. The van der Waals surface area contributed by atoms with Crippen LogP contribution in [-0.2, 0) is 10.9 Å². The monoisotopic (exact) mass is 296 g/mol. The first-order valence-electron chi connectivity index (χ1n) is 5.92. The van der Waals surface area contributed by atoms with Gasteiger partial charge in [-0.25, -0.2) is 4.79 Å². The average Bonchev–Trinajstić information content (AvgIpc) is 2.45. The molecule has 0 bridgehead atoms. The number of rotatable bonds is 2. The Bertz CT molecular complexity index is 661. The fourth-order valence-corrected chi connectivity index (χ4v) is 1.85. The number of hydrogen-bond donors (Lipinski definition) is 1. The van der Waals surface area contributed by atoms with Crippen LogP contribution in [0.15, 0.2) is 42.5 Å². The van der Waals surface area contributed by atoms with Gasteiger partial charge in [-0.15, -0.1) is 0 Å². The van der Waals surface area contributed by atoms with Crippen LogP contribution in [0.1, 0.15) is 15.9 Å². The van der Waals surface area contributed by atoms with Crippen LogP contribution in [-0.4, -0.2) is 18.2 Å². The molecule has 0 fully saturated rings. The number of carbonyl (C=O) groups excluding carboxylic acids is 1. The summed E-state index contributed by atoms with van der Waals surface area (Å²) in [5, 5.41) is 9.76. The van der Waals surface area contributed by atoms with Crippen molar-refractivity contribution in [1.82, 2.24) is 0 Å². The lowest BCUT2D eigenvalue weighted by Crippen LogP contribution is -2.04. The lowest BCUT2D eigenvalue weighted by Gasteiger charge is -2.09. The second-order valence-corrected chi connectivity index (χ2v) is 4.30. The van der Waals surface area contributed by atoms with Gasteiger partial charge in [0.15, 0.2) is 0 Å². The Hall–Kier alpha value is -2.50. The predicted molar refractivity (Wildman–Crippen MR) is 69.9 cm³/mol. The summed E-state index contributed by atoms with van der Waals surface area (Å²) in [6.07, 6.45) is -4.39. The summed E-state index contributed by atoms with van der Waals surface area (Å²) < 4.78 is 41.9. The van der Waals surface area contributed by atoms with E-state index >= 15 is 0 Å². The lowest BCUT2D eigenvalue weighted by atomic mass is 10.0. The summed E-state index contributed by atoms with van der Waals surface area (Å²) in [4.78, 5) is 11.3. The molecule has 2 rings (SSSR count). The molecule has 6 heteroatoms. The molecule has 0 aliphatic rings. The highest BCUT2D eigenvalue weighted by Gasteiger charge is 2.30. The zero-order chi connectivity index (χ0) is 15.6. The molecule has 0 aliphatic heterocycles. The molecule has 0 saturated carbocycles. The standard InChI is InChI=1S/C15H11F3O3/c1-21-14(20)12-7-4-10(8-13(12)19)9-2-5-11(6-3-9)15(16,17)18/h2-8,19H,1H3. The largest absolute Gasteiger partial charge is 0.507 e. The van der Waals surface area contributed by atoms with E-state index in [1.165, 1.54) is 37.4 Å². The van der Waals surface area contributed by atoms with E-state index in [2.05, 4.69) is 4.74 Å². The molecule has 21 heavy (non-hydrogen) atoms. The van der Waals surface area contributed by atoms with Crippen LogP contribution in [0.3, 0.4) is 0 Å². The first-order chi connectivity index (χ1) is 9.82. The van der Waals surface area contributed by atoms with Crippen LogP contribution in [0.25, 0.3) is 11.1 Å². The van der Waals surface area contributed by atoms with Crippen molar-refractivity contribution in [2.75, 3.05) is 7.11 Å². The minimum atomic E-state index is -4.39. The number of aromatic hydroxyl groups is 1. The van der Waals surface area contributed by atoms with Crippen molar-refractivity contribution in [2.24, 2.45) is 0 Å². The van der Waals surface area contributed by atoms with Gasteiger partial charge in [0.25, 0.3) is 0 Å². The molecule has 0 heterocycles. The van der Waals surface area contributed by atoms with E-state index in [4.69, 9.17) is 0 Å². The number of hydrogen-bond acceptors (Lipinski definition) is 3. The first kappa shape index (κ1) is 14.9. The highest BCUT2D eigenvalue weighted by Crippen LogP contribution is 2.32. The predicted octanol–water partition coefficient (Wildman–Crippen LogP) is 3.86. The van der Waals surface area contributed by atoms with Gasteiger partial charge < -0.3 is 9.84 Å². The number of phenols is 1. The molecule has 2 aromatic carbocycles. The molecule has 3 nitrogen and oxygen atoms in total. The van der Waals surface area contributed by atoms with E-state index < -0.39 is 17.7 Å². The average molecular weight is 296 g/mol. The Morgan fingerprint density at radius 2 is 1.62 bits per heavy atom. The number of carbonyl (C=O) groups is 1. The molecule has 0 saturated heterocycles. The van der Waals surface area contributed by atoms with Crippen molar-refractivity contribution < 1.29 is 27.8 Å². The number of halogens is 3. The maximum absolute atomic E-state index is 12.5. The molecule has 0 unspecified atom stereocenters. The van der Waals surface area contributed by atoms with Gasteiger partial charge in [-0.05, 0) is 35.4 Å². The third-order valence-electron chi connectivity index (χ3n) is 2.95. The normalized spacial score (nSPS) is 11.2. The van der Waals surface area contributed by atoms with Gasteiger partial charge in [0.1, 0.15) is 11.3 Å². The Morgan fingerprint density at radius 1 is 1.05 bits per heavy atom. The maximum Gasteiger partial charge on any atom is 0.416 e. The van der Waals surface area contributed by atoms with Gasteiger partial charge in [-0.3, -0.25) is 0 Å². The molecule has 0 aromatic heterocycles. The third kappa shape index (κ3) is 3.16. The summed E-state index contributed by atoms with van der Waals surface area (Å²) in [6.45, 7) is 0. The Balaban J connectivity index is 2.35. The van der Waals surface area contributed by atoms with Gasteiger partial charge in [0.2, 0.25) is 0 Å². The Morgan fingerprint density at radius 3 is 2.10 bits per heavy atom. The second-order valence-electron chi connectivity index (χ2n) is 4.30. The molecular weight excluding hydrogens is 285 g/mol. The molecule has 0 spiro atoms. The van der Waals surface area contributed by atoms with E-state index in [0.29, 0.717) is 11.1 Å². The maximum atomic E-state index is 12.5. The zero-order valence-electron chi connectivity index (χ0n) is 10.9. The number of esters is 1. The highest BCUT2D eigenvalue weighted by molar-refractivity contribution is 5.93. The summed E-state index contributed by atoms with van der Waals surface area (Å²) >= 11 is 0. The lowest BCUT2D eigenvalue weighted by molar-refractivity contribution is -0.137. The van der Waals surface area contributed by atoms with Gasteiger partial charge in [0.05, 0.1) is 12.7 Å². The van der Waals surface area contributed by atoms with Crippen LogP contribution in [0.2, 0.25) is 0 Å². The number of alkyl halides is 3. The van der Waals surface area contributed by atoms with Crippen molar-refractivity contribution in [2.45, 2.75) is 6.18 Å². The van der Waals surface area contributed by atoms with E-state index in [-0.39, 0.29) is 11.3 Å². The van der Waals surface area contributed by atoms with Crippen molar-refractivity contribution in [3.63, 3.8) is 0 Å². The van der Waals surface area contributed by atoms with Crippen LogP contribution in [0.4, 0.5) is 13.2 Å². The quantitative estimate of drug-likeness (QED) is 0.856. The minimum Gasteiger partial charge on any atom is -0.507 e. The Kier molecular flexibility index (Phi) is 3.88. The minimum absolute atomic E-state index is 0.00633. The van der Waals surface area contributed by atoms with Crippen LogP contribution >= 0.6 is 0 Å². The fraction of sp³-hybridized carbons (Fsp3) is 0.133. The van der Waals surface area contributed by atoms with E-state index in [0.717, 1.165) is 12.1 Å². The topological polar surface area (TPSA) is 46.5 Å². The van der Waals surface area contributed by atoms with Crippen molar-refractivity contribution in [3.8, 4) is 16.9 Å². The molecule has 1 N–H and O–H groups in total. The molecule has 110 valence electrons. The van der Waals surface area contributed by atoms with E-state index in [1.54, 1.807) is 0 Å². The zero-order valence-corrected chi connectivity index (χ0v) is 10.9. The summed E-state index contributed by atoms with van der Waals surface area (Å²) in [5.41, 5.74) is 0.235. The molecular formula is C15H11F3O3.